The molecule has 2 nitrogen and oxygen atoms in total. The molecule has 0 fully saturated rings. The van der Waals surface area contributed by atoms with Crippen LogP contribution in [-0.2, 0) is 4.79 Å². The molecule has 4 heteroatoms. The molecule has 0 atom stereocenters. The highest BCUT2D eigenvalue weighted by Gasteiger charge is 2.04. The smallest absolute Gasteiger partial charge is 0.364 e. The first-order valence-electron chi connectivity index (χ1n) is 3.45. The lowest BCUT2D eigenvalue weighted by Crippen LogP contribution is -1.93. The SMILES string of the molecule is O=C(O)C(F)=Cc1ccc(I)cc1. The molecule has 0 spiro atoms. The van der Waals surface area contributed by atoms with Crippen molar-refractivity contribution in [3.63, 3.8) is 0 Å². The average Bonchev–Trinajstić information content (AvgIpc) is 2.08. The molecule has 0 aliphatic heterocycles. The van der Waals surface area contributed by atoms with Crippen molar-refractivity contribution in [2.45, 2.75) is 0 Å². The minimum atomic E-state index is -1.54. The lowest BCUT2D eigenvalue weighted by molar-refractivity contribution is -0.134. The maximum Gasteiger partial charge on any atom is 0.364 e. The van der Waals surface area contributed by atoms with Crippen molar-refractivity contribution in [2.75, 3.05) is 0 Å². The van der Waals surface area contributed by atoms with Gasteiger partial charge in [-0.3, -0.25) is 0 Å². The molecule has 1 aromatic rings. The van der Waals surface area contributed by atoms with Gasteiger partial charge in [-0.05, 0) is 46.4 Å². The number of carboxylic acid groups (broad SMARTS) is 1. The van der Waals surface area contributed by atoms with Crippen LogP contribution in [-0.4, -0.2) is 11.1 Å². The van der Waals surface area contributed by atoms with Crippen LogP contribution in [0.1, 0.15) is 5.56 Å². The van der Waals surface area contributed by atoms with Crippen molar-refractivity contribution in [1.82, 2.24) is 0 Å². The summed E-state index contributed by atoms with van der Waals surface area (Å²) in [6, 6.07) is 6.87. The Balaban J connectivity index is 2.92. The summed E-state index contributed by atoms with van der Waals surface area (Å²) in [6.07, 6.45) is 0.985. The molecular formula is C9H6FIO2. The minimum Gasteiger partial charge on any atom is -0.476 e. The predicted octanol–water partition coefficient (Wildman–Crippen LogP) is 2.69. The van der Waals surface area contributed by atoms with E-state index in [4.69, 9.17) is 5.11 Å². The first-order valence-corrected chi connectivity index (χ1v) is 4.53. The van der Waals surface area contributed by atoms with E-state index in [1.54, 1.807) is 24.3 Å². The highest BCUT2D eigenvalue weighted by Crippen LogP contribution is 2.11. The molecule has 0 bridgehead atoms. The van der Waals surface area contributed by atoms with Crippen LogP contribution in [0.3, 0.4) is 0 Å². The monoisotopic (exact) mass is 292 g/mol. The van der Waals surface area contributed by atoms with Gasteiger partial charge in [0.25, 0.3) is 0 Å². The second-order valence-electron chi connectivity index (χ2n) is 2.35. The summed E-state index contributed by atoms with van der Waals surface area (Å²) in [7, 11) is 0. The Morgan fingerprint density at radius 3 is 2.38 bits per heavy atom. The Kier molecular flexibility index (Phi) is 3.41. The summed E-state index contributed by atoms with van der Waals surface area (Å²) < 4.78 is 13.6. The molecule has 68 valence electrons. The third kappa shape index (κ3) is 3.14. The van der Waals surface area contributed by atoms with Crippen molar-refractivity contribution in [3.05, 3.63) is 39.2 Å². The van der Waals surface area contributed by atoms with Crippen molar-refractivity contribution >= 4 is 34.6 Å². The second-order valence-corrected chi connectivity index (χ2v) is 3.59. The Hall–Kier alpha value is -0.910. The summed E-state index contributed by atoms with van der Waals surface area (Å²) in [5, 5.41) is 8.25. The fourth-order valence-electron chi connectivity index (χ4n) is 0.767. The van der Waals surface area contributed by atoms with Gasteiger partial charge in [0, 0.05) is 3.57 Å². The molecule has 0 aromatic heterocycles. The van der Waals surface area contributed by atoms with E-state index in [9.17, 15) is 9.18 Å². The van der Waals surface area contributed by atoms with Gasteiger partial charge in [0.1, 0.15) is 0 Å². The Bertz CT molecular complexity index is 343. The third-order valence-corrected chi connectivity index (χ3v) is 2.09. The highest BCUT2D eigenvalue weighted by molar-refractivity contribution is 14.1. The second kappa shape index (κ2) is 4.36. The van der Waals surface area contributed by atoms with E-state index in [1.165, 1.54) is 0 Å². The van der Waals surface area contributed by atoms with Gasteiger partial charge in [0.05, 0.1) is 0 Å². The van der Waals surface area contributed by atoms with Gasteiger partial charge in [-0.25, -0.2) is 4.79 Å². The zero-order valence-electron chi connectivity index (χ0n) is 6.50. The van der Waals surface area contributed by atoms with Crippen LogP contribution in [0.2, 0.25) is 0 Å². The Morgan fingerprint density at radius 2 is 1.92 bits per heavy atom. The number of hydrogen-bond acceptors (Lipinski definition) is 1. The van der Waals surface area contributed by atoms with E-state index in [-0.39, 0.29) is 0 Å². The van der Waals surface area contributed by atoms with Crippen LogP contribution in [0, 0.1) is 3.57 Å². The van der Waals surface area contributed by atoms with Gasteiger partial charge in [-0.1, -0.05) is 12.1 Å². The van der Waals surface area contributed by atoms with Crippen molar-refractivity contribution in [3.8, 4) is 0 Å². The third-order valence-electron chi connectivity index (χ3n) is 1.37. The predicted molar refractivity (Wildman–Crippen MR) is 55.9 cm³/mol. The van der Waals surface area contributed by atoms with E-state index in [1.807, 2.05) is 0 Å². The standard InChI is InChI=1S/C9H6FIO2/c10-8(9(12)13)5-6-1-3-7(11)4-2-6/h1-5H,(H,12,13). The average molecular weight is 292 g/mol. The summed E-state index contributed by atoms with van der Waals surface area (Å²) in [4.78, 5) is 10.1. The molecule has 1 N–H and O–H groups in total. The van der Waals surface area contributed by atoms with Crippen LogP contribution in [0.25, 0.3) is 6.08 Å². The molecule has 0 saturated heterocycles. The molecule has 0 aliphatic carbocycles. The van der Waals surface area contributed by atoms with E-state index >= 15 is 0 Å². The van der Waals surface area contributed by atoms with Gasteiger partial charge in [0.15, 0.2) is 0 Å². The number of rotatable bonds is 2. The highest BCUT2D eigenvalue weighted by atomic mass is 127. The molecule has 0 unspecified atom stereocenters. The van der Waals surface area contributed by atoms with Crippen molar-refractivity contribution in [2.24, 2.45) is 0 Å². The van der Waals surface area contributed by atoms with Gasteiger partial charge < -0.3 is 5.11 Å². The maximum absolute atomic E-state index is 12.6. The number of halogens is 2. The number of carboxylic acids is 1. The number of carbonyl (C=O) groups is 1. The maximum atomic E-state index is 12.6. The van der Waals surface area contributed by atoms with E-state index in [0.29, 0.717) is 5.56 Å². The van der Waals surface area contributed by atoms with Crippen molar-refractivity contribution < 1.29 is 14.3 Å². The van der Waals surface area contributed by atoms with E-state index < -0.39 is 11.8 Å². The molecule has 0 heterocycles. The quantitative estimate of drug-likeness (QED) is 0.672. The first kappa shape index (κ1) is 10.2. The van der Waals surface area contributed by atoms with Crippen LogP contribution < -0.4 is 0 Å². The van der Waals surface area contributed by atoms with Gasteiger partial charge in [-0.15, -0.1) is 0 Å². The zero-order chi connectivity index (χ0) is 9.84. The Morgan fingerprint density at radius 1 is 1.38 bits per heavy atom. The number of aliphatic carboxylic acids is 1. The number of hydrogen-bond donors (Lipinski definition) is 1. The van der Waals surface area contributed by atoms with Crippen LogP contribution >= 0.6 is 22.6 Å². The van der Waals surface area contributed by atoms with Crippen molar-refractivity contribution in [1.29, 1.82) is 0 Å². The van der Waals surface area contributed by atoms with Crippen LogP contribution in [0.5, 0.6) is 0 Å². The van der Waals surface area contributed by atoms with Gasteiger partial charge in [0.2, 0.25) is 5.83 Å². The molecule has 0 radical (unpaired) electrons. The number of benzene rings is 1. The van der Waals surface area contributed by atoms with Gasteiger partial charge in [-0.2, -0.15) is 4.39 Å². The topological polar surface area (TPSA) is 37.3 Å². The lowest BCUT2D eigenvalue weighted by atomic mass is 10.2. The molecule has 13 heavy (non-hydrogen) atoms. The molecule has 1 aromatic carbocycles. The Labute approximate surface area is 88.2 Å². The molecule has 0 saturated carbocycles. The molecular weight excluding hydrogens is 286 g/mol. The zero-order valence-corrected chi connectivity index (χ0v) is 8.66. The summed E-state index contributed by atoms with van der Waals surface area (Å²) >= 11 is 2.11. The van der Waals surface area contributed by atoms with E-state index in [2.05, 4.69) is 22.6 Å². The first-order chi connectivity index (χ1) is 6.09. The summed E-state index contributed by atoms with van der Waals surface area (Å²) in [5.41, 5.74) is 0.542. The van der Waals surface area contributed by atoms with Crippen LogP contribution in [0.4, 0.5) is 4.39 Å². The minimum absolute atomic E-state index is 0.542. The fourth-order valence-corrected chi connectivity index (χ4v) is 1.13. The van der Waals surface area contributed by atoms with Gasteiger partial charge >= 0.3 is 5.97 Å². The molecule has 0 amide bonds. The fraction of sp³-hybridized carbons (Fsp3) is 0. The molecule has 1 rings (SSSR count). The van der Waals surface area contributed by atoms with E-state index in [0.717, 1.165) is 9.65 Å². The van der Waals surface area contributed by atoms with Crippen LogP contribution in [0.15, 0.2) is 30.1 Å². The summed E-state index contributed by atoms with van der Waals surface area (Å²) in [6.45, 7) is 0. The largest absolute Gasteiger partial charge is 0.476 e. The summed E-state index contributed by atoms with van der Waals surface area (Å²) in [5.74, 6) is -2.69. The molecule has 0 aliphatic rings. The normalized spacial score (nSPS) is 11.4. The lowest BCUT2D eigenvalue weighted by Gasteiger charge is -1.93.